The van der Waals surface area contributed by atoms with Crippen LogP contribution in [0.2, 0.25) is 5.02 Å². The first kappa shape index (κ1) is 19.4. The van der Waals surface area contributed by atoms with Crippen LogP contribution >= 0.6 is 11.6 Å². The van der Waals surface area contributed by atoms with Gasteiger partial charge in [-0.25, -0.2) is 9.97 Å². The number of amides is 1. The van der Waals surface area contributed by atoms with E-state index in [4.69, 9.17) is 21.7 Å². The second-order valence-electron chi connectivity index (χ2n) is 6.83. The minimum Gasteiger partial charge on any atom is -0.388 e. The van der Waals surface area contributed by atoms with Crippen molar-refractivity contribution in [1.82, 2.24) is 20.3 Å². The lowest BCUT2D eigenvalue weighted by molar-refractivity contribution is 0.0697. The Bertz CT molecular complexity index is 1070. The van der Waals surface area contributed by atoms with Gasteiger partial charge in [0.2, 0.25) is 0 Å². The third kappa shape index (κ3) is 3.94. The van der Waals surface area contributed by atoms with Gasteiger partial charge in [-0.05, 0) is 31.0 Å². The average molecular weight is 413 g/mol. The lowest BCUT2D eigenvalue weighted by Crippen LogP contribution is -2.38. The van der Waals surface area contributed by atoms with Crippen LogP contribution in [0, 0.1) is 5.41 Å². The highest BCUT2D eigenvalue weighted by Gasteiger charge is 2.21. The lowest BCUT2D eigenvalue weighted by Gasteiger charge is -2.22. The van der Waals surface area contributed by atoms with Crippen molar-refractivity contribution in [2.24, 2.45) is 0 Å². The first-order chi connectivity index (χ1) is 14.1. The number of anilines is 1. The fourth-order valence-corrected chi connectivity index (χ4v) is 3.54. The van der Waals surface area contributed by atoms with Crippen LogP contribution in [0.3, 0.4) is 0 Å². The molecule has 0 aliphatic carbocycles. The van der Waals surface area contributed by atoms with Gasteiger partial charge in [-0.1, -0.05) is 11.6 Å². The number of halogens is 1. The first-order valence-electron chi connectivity index (χ1n) is 9.36. The third-order valence-corrected chi connectivity index (χ3v) is 5.19. The minimum absolute atomic E-state index is 0.0860. The summed E-state index contributed by atoms with van der Waals surface area (Å²) in [6, 6.07) is 5.32. The molecule has 4 N–H and O–H groups in total. The van der Waals surface area contributed by atoms with Crippen LogP contribution < -0.4 is 10.6 Å². The minimum atomic E-state index is -0.205. The number of nitrogens with zero attached hydrogens (tertiary/aromatic N) is 2. The molecule has 3 heterocycles. The molecule has 150 valence electrons. The Morgan fingerprint density at radius 1 is 1.31 bits per heavy atom. The summed E-state index contributed by atoms with van der Waals surface area (Å²) in [7, 11) is 1.77. The smallest absolute Gasteiger partial charge is 0.255 e. The number of benzene rings is 1. The monoisotopic (exact) mass is 412 g/mol. The number of hydrogen-bond donors (Lipinski definition) is 4. The van der Waals surface area contributed by atoms with Crippen LogP contribution in [-0.2, 0) is 4.74 Å². The fraction of sp³-hybridized carbons (Fsp3) is 0.300. The van der Waals surface area contributed by atoms with E-state index in [0.29, 0.717) is 46.2 Å². The summed E-state index contributed by atoms with van der Waals surface area (Å²) in [5.41, 5.74) is 3.29. The molecular formula is C20H21ClN6O2. The second kappa shape index (κ2) is 8.18. The summed E-state index contributed by atoms with van der Waals surface area (Å²) in [5.74, 6) is -0.205. The number of carbonyl (C=O) groups is 1. The molecule has 0 atom stereocenters. The Kier molecular flexibility index (Phi) is 5.46. The quantitative estimate of drug-likeness (QED) is 0.481. The number of aromatic nitrogens is 3. The van der Waals surface area contributed by atoms with E-state index in [1.807, 2.05) is 0 Å². The van der Waals surface area contributed by atoms with Crippen molar-refractivity contribution in [3.8, 4) is 0 Å². The molecule has 3 aromatic rings. The normalized spacial score (nSPS) is 14.7. The van der Waals surface area contributed by atoms with Gasteiger partial charge in [-0.3, -0.25) is 10.2 Å². The van der Waals surface area contributed by atoms with Crippen molar-refractivity contribution in [2.45, 2.75) is 18.9 Å². The molecule has 1 amide bonds. The van der Waals surface area contributed by atoms with Crippen molar-refractivity contribution < 1.29 is 9.53 Å². The Morgan fingerprint density at radius 2 is 2.10 bits per heavy atom. The Balaban J connectivity index is 1.64. The molecule has 2 aromatic heterocycles. The zero-order valence-corrected chi connectivity index (χ0v) is 16.6. The van der Waals surface area contributed by atoms with E-state index in [0.717, 1.165) is 18.5 Å². The number of carbonyl (C=O) groups excluding carboxylic acids is 1. The average Bonchev–Trinajstić information content (AvgIpc) is 3.17. The van der Waals surface area contributed by atoms with Gasteiger partial charge in [0, 0.05) is 48.8 Å². The van der Waals surface area contributed by atoms with E-state index in [-0.39, 0.29) is 17.7 Å². The van der Waals surface area contributed by atoms with Gasteiger partial charge in [-0.15, -0.1) is 0 Å². The van der Waals surface area contributed by atoms with Crippen LogP contribution in [-0.4, -0.2) is 52.9 Å². The molecule has 9 heteroatoms. The predicted octanol–water partition coefficient (Wildman–Crippen LogP) is 2.98. The zero-order valence-electron chi connectivity index (χ0n) is 15.9. The number of fused-ring (bicyclic) bond motifs is 1. The summed E-state index contributed by atoms with van der Waals surface area (Å²) in [4.78, 5) is 24.6. The third-order valence-electron chi connectivity index (χ3n) is 4.96. The fourth-order valence-electron chi connectivity index (χ4n) is 3.37. The Labute approximate surface area is 172 Å². The molecule has 29 heavy (non-hydrogen) atoms. The molecule has 1 saturated heterocycles. The molecule has 1 aliphatic rings. The Hall–Kier alpha value is -2.97. The summed E-state index contributed by atoms with van der Waals surface area (Å²) in [6.45, 7) is 1.30. The molecule has 0 bridgehead atoms. The van der Waals surface area contributed by atoms with E-state index >= 15 is 0 Å². The number of hydrogen-bond acceptors (Lipinski definition) is 6. The molecule has 4 rings (SSSR count). The molecule has 0 spiro atoms. The van der Waals surface area contributed by atoms with Crippen molar-refractivity contribution in [3.05, 3.63) is 52.4 Å². The number of ether oxygens (including phenoxy) is 1. The van der Waals surface area contributed by atoms with Gasteiger partial charge in [-0.2, -0.15) is 0 Å². The topological polar surface area (TPSA) is 116 Å². The molecule has 0 radical (unpaired) electrons. The van der Waals surface area contributed by atoms with Gasteiger partial charge in [0.1, 0.15) is 11.2 Å². The molecule has 8 nitrogen and oxygen atoms in total. The lowest BCUT2D eigenvalue weighted by atomic mass is 10.1. The van der Waals surface area contributed by atoms with Crippen molar-refractivity contribution in [2.75, 3.05) is 25.6 Å². The van der Waals surface area contributed by atoms with Crippen LogP contribution in [0.25, 0.3) is 11.2 Å². The first-order valence-corrected chi connectivity index (χ1v) is 9.74. The van der Waals surface area contributed by atoms with Crippen molar-refractivity contribution >= 4 is 40.1 Å². The SMILES string of the molecule is CNc1cc(Cl)ccc1C(=N)c1cnc2[nH]cc(C(=O)NC3CCOCC3)c2n1. The number of nitrogens with one attached hydrogen (secondary N) is 4. The highest BCUT2D eigenvalue weighted by atomic mass is 35.5. The van der Waals surface area contributed by atoms with Gasteiger partial charge in [0.25, 0.3) is 5.91 Å². The summed E-state index contributed by atoms with van der Waals surface area (Å²) >= 11 is 6.05. The number of rotatable bonds is 5. The summed E-state index contributed by atoms with van der Waals surface area (Å²) < 4.78 is 5.34. The zero-order chi connectivity index (χ0) is 20.4. The van der Waals surface area contributed by atoms with E-state index < -0.39 is 0 Å². The molecular weight excluding hydrogens is 392 g/mol. The predicted molar refractivity (Wildman–Crippen MR) is 112 cm³/mol. The molecule has 1 aliphatic heterocycles. The molecule has 0 saturated carbocycles. The van der Waals surface area contributed by atoms with E-state index in [9.17, 15) is 4.79 Å². The van der Waals surface area contributed by atoms with Gasteiger partial charge >= 0.3 is 0 Å². The van der Waals surface area contributed by atoms with Crippen LogP contribution in [0.15, 0.2) is 30.6 Å². The highest BCUT2D eigenvalue weighted by Crippen LogP contribution is 2.24. The summed E-state index contributed by atoms with van der Waals surface area (Å²) in [5, 5.41) is 15.2. The maximum atomic E-state index is 12.8. The van der Waals surface area contributed by atoms with Gasteiger partial charge in [0.05, 0.1) is 17.5 Å². The molecule has 1 aromatic carbocycles. The Morgan fingerprint density at radius 3 is 2.86 bits per heavy atom. The largest absolute Gasteiger partial charge is 0.388 e. The molecule has 1 fully saturated rings. The van der Waals surface area contributed by atoms with E-state index in [1.54, 1.807) is 31.4 Å². The maximum absolute atomic E-state index is 12.8. The van der Waals surface area contributed by atoms with Crippen molar-refractivity contribution in [3.63, 3.8) is 0 Å². The number of aromatic amines is 1. The van der Waals surface area contributed by atoms with Crippen LogP contribution in [0.5, 0.6) is 0 Å². The number of H-pyrrole nitrogens is 1. The highest BCUT2D eigenvalue weighted by molar-refractivity contribution is 6.31. The maximum Gasteiger partial charge on any atom is 0.255 e. The van der Waals surface area contributed by atoms with Gasteiger partial charge in [0.15, 0.2) is 5.65 Å². The second-order valence-corrected chi connectivity index (χ2v) is 7.27. The van der Waals surface area contributed by atoms with Crippen molar-refractivity contribution in [1.29, 1.82) is 5.41 Å². The van der Waals surface area contributed by atoms with Gasteiger partial charge < -0.3 is 20.4 Å². The summed E-state index contributed by atoms with van der Waals surface area (Å²) in [6.07, 6.45) is 4.71. The molecule has 0 unspecified atom stereocenters. The van der Waals surface area contributed by atoms with Crippen LogP contribution in [0.4, 0.5) is 5.69 Å². The van der Waals surface area contributed by atoms with E-state index in [1.165, 1.54) is 6.20 Å². The van der Waals surface area contributed by atoms with Crippen LogP contribution in [0.1, 0.15) is 34.5 Å². The van der Waals surface area contributed by atoms with E-state index in [2.05, 4.69) is 25.6 Å². The standard InChI is InChI=1S/C20H21ClN6O2/c1-23-15-8-11(21)2-3-13(15)17(22)16-10-25-19-18(27-16)14(9-24-19)20(28)26-12-4-6-29-7-5-12/h2-3,8-10,12,22-23H,4-7H2,1H3,(H,24,25)(H,26,28).